The number of hydrogen-bond acceptors (Lipinski definition) is 3. The Morgan fingerprint density at radius 3 is 2.79 bits per heavy atom. The molecule has 1 unspecified atom stereocenters. The predicted molar refractivity (Wildman–Crippen MR) is 61.6 cm³/mol. The van der Waals surface area contributed by atoms with Gasteiger partial charge < -0.3 is 10.6 Å². The lowest BCUT2D eigenvalue weighted by Crippen LogP contribution is -2.49. The fourth-order valence-electron chi connectivity index (χ4n) is 1.56. The van der Waals surface area contributed by atoms with Gasteiger partial charge in [0.15, 0.2) is 5.96 Å². The molecule has 1 aliphatic heterocycles. The van der Waals surface area contributed by atoms with Crippen LogP contribution in [0.1, 0.15) is 40.5 Å². The summed E-state index contributed by atoms with van der Waals surface area (Å²) >= 11 is 0. The van der Waals surface area contributed by atoms with Crippen molar-refractivity contribution in [2.75, 3.05) is 13.1 Å². The molecule has 0 aromatic rings. The first-order valence-electron chi connectivity index (χ1n) is 5.58. The molecule has 0 aliphatic carbocycles. The van der Waals surface area contributed by atoms with Crippen molar-refractivity contribution in [2.45, 2.75) is 46.6 Å². The summed E-state index contributed by atoms with van der Waals surface area (Å²) in [5.74, 6) is 0.977. The maximum Gasteiger partial charge on any atom is 0.191 e. The minimum atomic E-state index is 0.305. The van der Waals surface area contributed by atoms with E-state index < -0.39 is 0 Å². The third-order valence-corrected chi connectivity index (χ3v) is 2.50. The van der Waals surface area contributed by atoms with Crippen LogP contribution in [0.25, 0.3) is 0 Å². The van der Waals surface area contributed by atoms with E-state index in [2.05, 4.69) is 43.3 Å². The molecule has 1 rings (SSSR count). The molecule has 0 amide bonds. The van der Waals surface area contributed by atoms with Gasteiger partial charge in [0.1, 0.15) is 0 Å². The van der Waals surface area contributed by atoms with E-state index in [4.69, 9.17) is 0 Å². The molecule has 1 heterocycles. The second-order valence-electron chi connectivity index (χ2n) is 5.02. The zero-order valence-corrected chi connectivity index (χ0v) is 9.85. The van der Waals surface area contributed by atoms with Gasteiger partial charge in [-0.1, -0.05) is 27.2 Å². The van der Waals surface area contributed by atoms with Gasteiger partial charge in [-0.2, -0.15) is 0 Å². The smallest absolute Gasteiger partial charge is 0.191 e. The second-order valence-corrected chi connectivity index (χ2v) is 5.02. The van der Waals surface area contributed by atoms with Gasteiger partial charge in [-0.3, -0.25) is 4.99 Å². The monoisotopic (exact) mass is 197 g/mol. The summed E-state index contributed by atoms with van der Waals surface area (Å²) in [6.07, 6.45) is 2.41. The molecule has 0 aromatic heterocycles. The molecule has 0 saturated carbocycles. The van der Waals surface area contributed by atoms with Crippen molar-refractivity contribution in [1.29, 1.82) is 0 Å². The van der Waals surface area contributed by atoms with Crippen molar-refractivity contribution in [3.63, 3.8) is 0 Å². The van der Waals surface area contributed by atoms with Crippen molar-refractivity contribution in [2.24, 2.45) is 10.4 Å². The molecule has 0 aromatic carbocycles. The van der Waals surface area contributed by atoms with E-state index in [0.29, 0.717) is 11.5 Å². The Morgan fingerprint density at radius 1 is 1.57 bits per heavy atom. The van der Waals surface area contributed by atoms with E-state index >= 15 is 0 Å². The third kappa shape index (κ3) is 3.56. The van der Waals surface area contributed by atoms with E-state index in [-0.39, 0.29) is 0 Å². The van der Waals surface area contributed by atoms with Crippen LogP contribution in [0.15, 0.2) is 4.99 Å². The zero-order valence-electron chi connectivity index (χ0n) is 9.85. The highest BCUT2D eigenvalue weighted by atomic mass is 15.2. The Morgan fingerprint density at radius 2 is 2.29 bits per heavy atom. The fraction of sp³-hybridized carbons (Fsp3) is 0.909. The van der Waals surface area contributed by atoms with Crippen molar-refractivity contribution in [3.8, 4) is 0 Å². The van der Waals surface area contributed by atoms with Crippen LogP contribution in [0, 0.1) is 5.41 Å². The van der Waals surface area contributed by atoms with Crippen LogP contribution in [0.4, 0.5) is 0 Å². The van der Waals surface area contributed by atoms with Gasteiger partial charge in [-0.25, -0.2) is 0 Å². The standard InChI is InChI=1S/C11H23N3/c1-5-6-9(2)14-10-12-7-11(3,4)8-13-10/h9H,5-8H2,1-4H3,(H2,12,13,14). The Kier molecular flexibility index (Phi) is 3.78. The molecular formula is C11H23N3. The van der Waals surface area contributed by atoms with Gasteiger partial charge in [-0.15, -0.1) is 0 Å². The Labute approximate surface area is 87.4 Å². The number of nitrogens with zero attached hydrogens (tertiary/aromatic N) is 1. The summed E-state index contributed by atoms with van der Waals surface area (Å²) in [7, 11) is 0. The highest BCUT2D eigenvalue weighted by molar-refractivity contribution is 5.80. The maximum absolute atomic E-state index is 4.50. The van der Waals surface area contributed by atoms with Crippen LogP contribution in [-0.4, -0.2) is 25.1 Å². The molecule has 82 valence electrons. The third-order valence-electron chi connectivity index (χ3n) is 2.50. The topological polar surface area (TPSA) is 36.4 Å². The lowest BCUT2D eigenvalue weighted by Gasteiger charge is -2.30. The number of nitrogens with one attached hydrogen (secondary N) is 2. The van der Waals surface area contributed by atoms with Crippen molar-refractivity contribution < 1.29 is 0 Å². The predicted octanol–water partition coefficient (Wildman–Crippen LogP) is 1.75. The largest absolute Gasteiger partial charge is 0.356 e. The highest BCUT2D eigenvalue weighted by Crippen LogP contribution is 2.16. The molecular weight excluding hydrogens is 174 g/mol. The van der Waals surface area contributed by atoms with Crippen LogP contribution in [0.2, 0.25) is 0 Å². The summed E-state index contributed by atoms with van der Waals surface area (Å²) in [6, 6.07) is 0.521. The lowest BCUT2D eigenvalue weighted by atomic mass is 9.93. The van der Waals surface area contributed by atoms with Crippen LogP contribution >= 0.6 is 0 Å². The molecule has 0 fully saturated rings. The first-order chi connectivity index (χ1) is 6.53. The quantitative estimate of drug-likeness (QED) is 0.723. The van der Waals surface area contributed by atoms with E-state index in [1.54, 1.807) is 0 Å². The molecule has 3 nitrogen and oxygen atoms in total. The average molecular weight is 197 g/mol. The van der Waals surface area contributed by atoms with Crippen LogP contribution in [-0.2, 0) is 0 Å². The second kappa shape index (κ2) is 4.67. The van der Waals surface area contributed by atoms with E-state index in [1.165, 1.54) is 12.8 Å². The summed E-state index contributed by atoms with van der Waals surface area (Å²) in [5, 5.41) is 6.73. The minimum Gasteiger partial charge on any atom is -0.356 e. The average Bonchev–Trinajstić information content (AvgIpc) is 2.09. The van der Waals surface area contributed by atoms with Gasteiger partial charge in [0.2, 0.25) is 0 Å². The minimum absolute atomic E-state index is 0.305. The Hall–Kier alpha value is -0.730. The van der Waals surface area contributed by atoms with Gasteiger partial charge >= 0.3 is 0 Å². The molecule has 0 saturated heterocycles. The molecule has 3 heteroatoms. The van der Waals surface area contributed by atoms with E-state index in [0.717, 1.165) is 19.0 Å². The molecule has 0 bridgehead atoms. The molecule has 1 atom stereocenters. The Balaban J connectivity index is 2.37. The summed E-state index contributed by atoms with van der Waals surface area (Å²) in [6.45, 7) is 10.8. The highest BCUT2D eigenvalue weighted by Gasteiger charge is 2.22. The Bertz CT molecular complexity index is 209. The summed E-state index contributed by atoms with van der Waals surface area (Å²) in [4.78, 5) is 4.50. The molecule has 0 spiro atoms. The molecule has 2 N–H and O–H groups in total. The lowest BCUT2D eigenvalue weighted by molar-refractivity contribution is 0.356. The molecule has 14 heavy (non-hydrogen) atoms. The number of rotatable bonds is 3. The van der Waals surface area contributed by atoms with Crippen molar-refractivity contribution in [1.82, 2.24) is 10.6 Å². The summed E-state index contributed by atoms with van der Waals surface area (Å²) in [5.41, 5.74) is 0.305. The van der Waals surface area contributed by atoms with Crippen molar-refractivity contribution >= 4 is 5.96 Å². The first kappa shape index (κ1) is 11.3. The van der Waals surface area contributed by atoms with Gasteiger partial charge in [-0.05, 0) is 13.3 Å². The number of hydrogen-bond donors (Lipinski definition) is 2. The normalized spacial score (nSPS) is 22.1. The molecule has 1 aliphatic rings. The van der Waals surface area contributed by atoms with Gasteiger partial charge in [0.25, 0.3) is 0 Å². The SMILES string of the molecule is CCCC(C)NC1=NCC(C)(C)CN1. The van der Waals surface area contributed by atoms with Crippen LogP contribution in [0.3, 0.4) is 0 Å². The molecule has 0 radical (unpaired) electrons. The van der Waals surface area contributed by atoms with Gasteiger partial charge in [0, 0.05) is 24.5 Å². The maximum atomic E-state index is 4.50. The summed E-state index contributed by atoms with van der Waals surface area (Å²) < 4.78 is 0. The first-order valence-corrected chi connectivity index (χ1v) is 5.58. The van der Waals surface area contributed by atoms with E-state index in [9.17, 15) is 0 Å². The van der Waals surface area contributed by atoms with E-state index in [1.807, 2.05) is 0 Å². The van der Waals surface area contributed by atoms with Crippen LogP contribution < -0.4 is 10.6 Å². The zero-order chi connectivity index (χ0) is 10.6. The van der Waals surface area contributed by atoms with Gasteiger partial charge in [0.05, 0.1) is 0 Å². The van der Waals surface area contributed by atoms with Crippen LogP contribution in [0.5, 0.6) is 0 Å². The number of aliphatic imine (C=N–C) groups is 1. The number of guanidine groups is 1. The fourth-order valence-corrected chi connectivity index (χ4v) is 1.56. The van der Waals surface area contributed by atoms with Crippen molar-refractivity contribution in [3.05, 3.63) is 0 Å².